The Bertz CT molecular complexity index is 631. The standard InChI is InChI=1S/C18H18O2/c19-18(20)10-9-16-12-14-6-2-1-5-13(14)11-15-7-3-4-8-17(15)16/h1-8,16H,9-12H2,(H,19,20)/t16-/m0/s1. The number of rotatable bonds is 3. The Morgan fingerprint density at radius 2 is 1.65 bits per heavy atom. The molecule has 0 aliphatic heterocycles. The first-order valence-corrected chi connectivity index (χ1v) is 7.10. The van der Waals surface area contributed by atoms with Crippen LogP contribution < -0.4 is 0 Å². The fraction of sp³-hybridized carbons (Fsp3) is 0.278. The molecule has 2 heteroatoms. The van der Waals surface area contributed by atoms with E-state index >= 15 is 0 Å². The highest BCUT2D eigenvalue weighted by atomic mass is 16.4. The molecule has 2 aromatic carbocycles. The van der Waals surface area contributed by atoms with Crippen molar-refractivity contribution in [1.29, 1.82) is 0 Å². The molecule has 0 spiro atoms. The molecule has 1 aliphatic carbocycles. The third-order valence-corrected chi connectivity index (χ3v) is 4.17. The first-order valence-electron chi connectivity index (χ1n) is 7.10. The molecule has 3 rings (SSSR count). The van der Waals surface area contributed by atoms with Gasteiger partial charge in [0.1, 0.15) is 0 Å². The Balaban J connectivity index is 1.99. The number of carbonyl (C=O) groups is 1. The Hall–Kier alpha value is -2.09. The van der Waals surface area contributed by atoms with E-state index in [2.05, 4.69) is 48.5 Å². The van der Waals surface area contributed by atoms with Gasteiger partial charge in [0, 0.05) is 6.42 Å². The minimum atomic E-state index is -0.708. The predicted molar refractivity (Wildman–Crippen MR) is 79.0 cm³/mol. The van der Waals surface area contributed by atoms with Crippen LogP contribution in [0.15, 0.2) is 48.5 Å². The van der Waals surface area contributed by atoms with Crippen molar-refractivity contribution in [2.75, 3.05) is 0 Å². The topological polar surface area (TPSA) is 37.3 Å². The molecule has 0 bridgehead atoms. The van der Waals surface area contributed by atoms with Crippen molar-refractivity contribution in [2.45, 2.75) is 31.6 Å². The van der Waals surface area contributed by atoms with E-state index in [1.54, 1.807) is 0 Å². The highest BCUT2D eigenvalue weighted by Gasteiger charge is 2.22. The molecule has 0 aromatic heterocycles. The monoisotopic (exact) mass is 266 g/mol. The molecule has 102 valence electrons. The van der Waals surface area contributed by atoms with Crippen LogP contribution in [0.2, 0.25) is 0 Å². The molecular weight excluding hydrogens is 248 g/mol. The summed E-state index contributed by atoms with van der Waals surface area (Å²) in [6, 6.07) is 17.0. The van der Waals surface area contributed by atoms with Crippen molar-refractivity contribution in [3.05, 3.63) is 70.8 Å². The summed E-state index contributed by atoms with van der Waals surface area (Å²) in [6.45, 7) is 0. The third kappa shape index (κ3) is 2.60. The maximum absolute atomic E-state index is 10.9. The second-order valence-electron chi connectivity index (χ2n) is 5.48. The molecule has 0 unspecified atom stereocenters. The molecule has 2 nitrogen and oxygen atoms in total. The van der Waals surface area contributed by atoms with E-state index in [-0.39, 0.29) is 6.42 Å². The van der Waals surface area contributed by atoms with Gasteiger partial charge in [-0.15, -0.1) is 0 Å². The molecule has 0 amide bonds. The fourth-order valence-electron chi connectivity index (χ4n) is 3.16. The summed E-state index contributed by atoms with van der Waals surface area (Å²) in [7, 11) is 0. The summed E-state index contributed by atoms with van der Waals surface area (Å²) >= 11 is 0. The molecule has 0 radical (unpaired) electrons. The van der Waals surface area contributed by atoms with Crippen LogP contribution in [0, 0.1) is 0 Å². The third-order valence-electron chi connectivity index (χ3n) is 4.17. The molecule has 0 saturated carbocycles. The van der Waals surface area contributed by atoms with Gasteiger partial charge in [-0.1, -0.05) is 48.5 Å². The Labute approximate surface area is 119 Å². The van der Waals surface area contributed by atoms with E-state index in [4.69, 9.17) is 5.11 Å². The van der Waals surface area contributed by atoms with Gasteiger partial charge in [0.15, 0.2) is 0 Å². The lowest BCUT2D eigenvalue weighted by molar-refractivity contribution is -0.137. The van der Waals surface area contributed by atoms with E-state index in [1.807, 2.05) is 0 Å². The van der Waals surface area contributed by atoms with E-state index in [9.17, 15) is 4.79 Å². The van der Waals surface area contributed by atoms with Crippen LogP contribution >= 0.6 is 0 Å². The molecule has 0 fully saturated rings. The molecule has 1 atom stereocenters. The number of carboxylic acid groups (broad SMARTS) is 1. The minimum Gasteiger partial charge on any atom is -0.481 e. The van der Waals surface area contributed by atoms with Crippen molar-refractivity contribution < 1.29 is 9.90 Å². The van der Waals surface area contributed by atoms with Crippen LogP contribution in [0.3, 0.4) is 0 Å². The zero-order chi connectivity index (χ0) is 13.9. The van der Waals surface area contributed by atoms with Gasteiger partial charge >= 0.3 is 5.97 Å². The fourth-order valence-corrected chi connectivity index (χ4v) is 3.16. The molecule has 1 aliphatic rings. The highest BCUT2D eigenvalue weighted by molar-refractivity contribution is 5.66. The van der Waals surface area contributed by atoms with E-state index in [1.165, 1.54) is 22.3 Å². The number of benzene rings is 2. The second kappa shape index (κ2) is 5.49. The van der Waals surface area contributed by atoms with Gasteiger partial charge in [-0.2, -0.15) is 0 Å². The maximum Gasteiger partial charge on any atom is 0.303 e. The molecule has 1 N–H and O–H groups in total. The molecular formula is C18H18O2. The normalized spacial score (nSPS) is 16.9. The summed E-state index contributed by atoms with van der Waals surface area (Å²) in [5, 5.41) is 8.96. The Morgan fingerprint density at radius 3 is 2.40 bits per heavy atom. The smallest absolute Gasteiger partial charge is 0.303 e. The molecule has 0 heterocycles. The van der Waals surface area contributed by atoms with E-state index in [0.717, 1.165) is 12.8 Å². The summed E-state index contributed by atoms with van der Waals surface area (Å²) in [5.41, 5.74) is 5.40. The van der Waals surface area contributed by atoms with Crippen LogP contribution in [0.25, 0.3) is 0 Å². The lowest BCUT2D eigenvalue weighted by Crippen LogP contribution is -2.06. The molecule has 20 heavy (non-hydrogen) atoms. The molecule has 2 aromatic rings. The summed E-state index contributed by atoms with van der Waals surface area (Å²) < 4.78 is 0. The first-order chi connectivity index (χ1) is 9.74. The number of hydrogen-bond acceptors (Lipinski definition) is 1. The Morgan fingerprint density at radius 1 is 1.00 bits per heavy atom. The zero-order valence-electron chi connectivity index (χ0n) is 11.4. The van der Waals surface area contributed by atoms with Gasteiger partial charge in [-0.05, 0) is 47.4 Å². The van der Waals surface area contributed by atoms with Gasteiger partial charge in [0.2, 0.25) is 0 Å². The molecule has 0 saturated heterocycles. The number of carboxylic acids is 1. The average Bonchev–Trinajstić information content (AvgIpc) is 2.61. The highest BCUT2D eigenvalue weighted by Crippen LogP contribution is 2.34. The van der Waals surface area contributed by atoms with Crippen molar-refractivity contribution in [3.63, 3.8) is 0 Å². The number of fused-ring (bicyclic) bond motifs is 2. The quantitative estimate of drug-likeness (QED) is 0.918. The van der Waals surface area contributed by atoms with Crippen LogP contribution in [0.1, 0.15) is 41.0 Å². The summed E-state index contributed by atoms with van der Waals surface area (Å²) in [6.07, 6.45) is 2.85. The number of aliphatic carboxylic acids is 1. The lowest BCUT2D eigenvalue weighted by Gasteiger charge is -2.17. The van der Waals surface area contributed by atoms with Gasteiger partial charge in [-0.3, -0.25) is 4.79 Å². The van der Waals surface area contributed by atoms with Crippen LogP contribution in [0.4, 0.5) is 0 Å². The first kappa shape index (κ1) is 12.9. The van der Waals surface area contributed by atoms with Gasteiger partial charge in [0.25, 0.3) is 0 Å². The van der Waals surface area contributed by atoms with Gasteiger partial charge in [-0.25, -0.2) is 0 Å². The predicted octanol–water partition coefficient (Wildman–Crippen LogP) is 3.78. The lowest BCUT2D eigenvalue weighted by atomic mass is 9.88. The van der Waals surface area contributed by atoms with Crippen LogP contribution in [-0.4, -0.2) is 11.1 Å². The van der Waals surface area contributed by atoms with Crippen molar-refractivity contribution in [3.8, 4) is 0 Å². The van der Waals surface area contributed by atoms with Crippen molar-refractivity contribution in [1.82, 2.24) is 0 Å². The van der Waals surface area contributed by atoms with Crippen LogP contribution in [0.5, 0.6) is 0 Å². The van der Waals surface area contributed by atoms with Crippen molar-refractivity contribution in [2.24, 2.45) is 0 Å². The van der Waals surface area contributed by atoms with Gasteiger partial charge < -0.3 is 5.11 Å². The summed E-state index contributed by atoms with van der Waals surface area (Å²) in [5.74, 6) is -0.397. The van der Waals surface area contributed by atoms with E-state index < -0.39 is 5.97 Å². The second-order valence-corrected chi connectivity index (χ2v) is 5.48. The van der Waals surface area contributed by atoms with Crippen LogP contribution in [-0.2, 0) is 17.6 Å². The average molecular weight is 266 g/mol. The van der Waals surface area contributed by atoms with E-state index in [0.29, 0.717) is 12.3 Å². The Kier molecular flexibility index (Phi) is 3.55. The maximum atomic E-state index is 10.9. The SMILES string of the molecule is O=C(O)CC[C@H]1Cc2ccccc2Cc2ccccc21. The minimum absolute atomic E-state index is 0.237. The zero-order valence-corrected chi connectivity index (χ0v) is 11.4. The largest absolute Gasteiger partial charge is 0.481 e. The number of hydrogen-bond donors (Lipinski definition) is 1. The van der Waals surface area contributed by atoms with Gasteiger partial charge in [0.05, 0.1) is 0 Å². The summed E-state index contributed by atoms with van der Waals surface area (Å²) in [4.78, 5) is 10.9. The van der Waals surface area contributed by atoms with Crippen molar-refractivity contribution >= 4 is 5.97 Å².